The van der Waals surface area contributed by atoms with Crippen molar-refractivity contribution in [3.05, 3.63) is 77.6 Å². The van der Waals surface area contributed by atoms with Crippen LogP contribution in [0.15, 0.2) is 66.0 Å². The van der Waals surface area contributed by atoms with Gasteiger partial charge in [-0.2, -0.15) is 5.10 Å². The van der Waals surface area contributed by atoms with E-state index in [0.717, 1.165) is 33.3 Å². The van der Waals surface area contributed by atoms with Crippen LogP contribution in [0, 0.1) is 13.8 Å². The number of aryl methyl sites for hydroxylation is 2. The van der Waals surface area contributed by atoms with E-state index in [0.29, 0.717) is 0 Å². The molecule has 0 unspecified atom stereocenters. The predicted octanol–water partition coefficient (Wildman–Crippen LogP) is 5.31. The van der Waals surface area contributed by atoms with Crippen molar-refractivity contribution in [2.45, 2.75) is 24.6 Å². The molecule has 0 saturated carbocycles. The fourth-order valence-corrected chi connectivity index (χ4v) is 4.07. The van der Waals surface area contributed by atoms with Crippen molar-refractivity contribution in [2.75, 3.05) is 7.11 Å². The van der Waals surface area contributed by atoms with Crippen molar-refractivity contribution in [1.29, 1.82) is 0 Å². The van der Waals surface area contributed by atoms with Crippen LogP contribution in [0.2, 0.25) is 0 Å². The molecule has 0 radical (unpaired) electrons. The summed E-state index contributed by atoms with van der Waals surface area (Å²) in [5.74, 6) is 1.70. The molecule has 0 aliphatic rings. The number of ether oxygens (including phenoxy) is 1. The minimum atomic E-state index is 0.827. The van der Waals surface area contributed by atoms with E-state index < -0.39 is 0 Å². The predicted molar refractivity (Wildman–Crippen MR) is 110 cm³/mol. The lowest BCUT2D eigenvalue weighted by atomic mass is 10.0. The molecule has 5 heteroatoms. The molecule has 2 heterocycles. The van der Waals surface area contributed by atoms with Gasteiger partial charge in [0.15, 0.2) is 0 Å². The molecule has 27 heavy (non-hydrogen) atoms. The van der Waals surface area contributed by atoms with Crippen molar-refractivity contribution >= 4 is 17.3 Å². The van der Waals surface area contributed by atoms with E-state index in [1.807, 2.05) is 22.8 Å². The largest absolute Gasteiger partial charge is 0.497 e. The summed E-state index contributed by atoms with van der Waals surface area (Å²) in [5, 5.41) is 5.74. The van der Waals surface area contributed by atoms with E-state index in [2.05, 4.69) is 55.2 Å². The average molecular weight is 375 g/mol. The third-order valence-electron chi connectivity index (χ3n) is 4.52. The maximum atomic E-state index is 5.31. The first-order chi connectivity index (χ1) is 13.1. The summed E-state index contributed by atoms with van der Waals surface area (Å²) in [6.45, 7) is 4.24. The molecule has 0 spiro atoms. The van der Waals surface area contributed by atoms with Gasteiger partial charge < -0.3 is 4.74 Å². The summed E-state index contributed by atoms with van der Waals surface area (Å²) < 4.78 is 7.22. The zero-order valence-electron chi connectivity index (χ0n) is 15.6. The number of methoxy groups -OCH3 is 1. The van der Waals surface area contributed by atoms with Gasteiger partial charge in [-0.05, 0) is 43.2 Å². The maximum absolute atomic E-state index is 5.31. The highest BCUT2D eigenvalue weighted by atomic mass is 32.2. The standard InChI is InChI=1S/C22H21N3OS/c1-15-7-8-19(16(2)11-15)20-13-21-22(23-9-10-25(21)24-20)27-14-17-5-4-6-18(12-17)26-3/h4-13H,14H2,1-3H3. The number of rotatable bonds is 5. The zero-order valence-corrected chi connectivity index (χ0v) is 16.5. The molecule has 0 bridgehead atoms. The Morgan fingerprint density at radius 2 is 1.96 bits per heavy atom. The molecule has 4 nitrogen and oxygen atoms in total. The number of hydrogen-bond donors (Lipinski definition) is 0. The molecule has 0 atom stereocenters. The Kier molecular flexibility index (Phi) is 4.86. The van der Waals surface area contributed by atoms with E-state index in [4.69, 9.17) is 9.84 Å². The second-order valence-corrected chi connectivity index (χ2v) is 7.51. The fourth-order valence-electron chi connectivity index (χ4n) is 3.16. The van der Waals surface area contributed by atoms with Gasteiger partial charge in [0.2, 0.25) is 0 Å². The highest BCUT2D eigenvalue weighted by Crippen LogP contribution is 2.30. The van der Waals surface area contributed by atoms with Crippen molar-refractivity contribution in [1.82, 2.24) is 14.6 Å². The summed E-state index contributed by atoms with van der Waals surface area (Å²) in [5.41, 5.74) is 6.86. The van der Waals surface area contributed by atoms with Gasteiger partial charge in [0.05, 0.1) is 18.3 Å². The minimum Gasteiger partial charge on any atom is -0.497 e. The lowest BCUT2D eigenvalue weighted by Gasteiger charge is -2.05. The third kappa shape index (κ3) is 3.69. The normalized spacial score (nSPS) is 11.1. The van der Waals surface area contributed by atoms with E-state index >= 15 is 0 Å². The highest BCUT2D eigenvalue weighted by molar-refractivity contribution is 7.98. The Hall–Kier alpha value is -2.79. The van der Waals surface area contributed by atoms with Crippen LogP contribution in [0.1, 0.15) is 16.7 Å². The minimum absolute atomic E-state index is 0.827. The summed E-state index contributed by atoms with van der Waals surface area (Å²) >= 11 is 1.71. The average Bonchev–Trinajstić information content (AvgIpc) is 3.11. The molecule has 0 saturated heterocycles. The van der Waals surface area contributed by atoms with Gasteiger partial charge in [0, 0.05) is 23.7 Å². The number of nitrogens with zero attached hydrogens (tertiary/aromatic N) is 3. The third-order valence-corrected chi connectivity index (χ3v) is 5.59. The molecule has 0 aliphatic carbocycles. The van der Waals surface area contributed by atoms with Crippen LogP contribution in [-0.2, 0) is 5.75 Å². The Bertz CT molecular complexity index is 1100. The number of aromatic nitrogens is 3. The SMILES string of the molecule is COc1cccc(CSc2nccn3nc(-c4ccc(C)cc4C)cc23)c1. The van der Waals surface area contributed by atoms with Crippen molar-refractivity contribution in [3.8, 4) is 17.0 Å². The summed E-state index contributed by atoms with van der Waals surface area (Å²) in [6, 6.07) is 16.7. The first-order valence-electron chi connectivity index (χ1n) is 8.82. The summed E-state index contributed by atoms with van der Waals surface area (Å²) in [4.78, 5) is 4.58. The van der Waals surface area contributed by atoms with Crippen LogP contribution >= 0.6 is 11.8 Å². The van der Waals surface area contributed by atoms with Crippen molar-refractivity contribution in [3.63, 3.8) is 0 Å². The molecular weight excluding hydrogens is 354 g/mol. The lowest BCUT2D eigenvalue weighted by molar-refractivity contribution is 0.414. The Morgan fingerprint density at radius 1 is 1.07 bits per heavy atom. The first kappa shape index (κ1) is 17.6. The number of hydrogen-bond acceptors (Lipinski definition) is 4. The first-order valence-corrected chi connectivity index (χ1v) is 9.80. The molecule has 0 amide bonds. The van der Waals surface area contributed by atoms with Gasteiger partial charge in [0.25, 0.3) is 0 Å². The summed E-state index contributed by atoms with van der Waals surface area (Å²) in [6.07, 6.45) is 3.71. The Balaban J connectivity index is 1.65. The van der Waals surface area contributed by atoms with E-state index in [1.165, 1.54) is 16.7 Å². The summed E-state index contributed by atoms with van der Waals surface area (Å²) in [7, 11) is 1.69. The molecule has 2 aromatic heterocycles. The van der Waals surface area contributed by atoms with Crippen LogP contribution in [0.3, 0.4) is 0 Å². The molecule has 4 rings (SSSR count). The molecular formula is C22H21N3OS. The molecule has 4 aromatic rings. The van der Waals surface area contributed by atoms with Gasteiger partial charge in [-0.1, -0.05) is 47.7 Å². The Morgan fingerprint density at radius 3 is 2.78 bits per heavy atom. The lowest BCUT2D eigenvalue weighted by Crippen LogP contribution is -1.92. The smallest absolute Gasteiger partial charge is 0.122 e. The highest BCUT2D eigenvalue weighted by Gasteiger charge is 2.11. The second kappa shape index (κ2) is 7.45. The molecule has 2 aromatic carbocycles. The zero-order chi connectivity index (χ0) is 18.8. The van der Waals surface area contributed by atoms with Gasteiger partial charge in [-0.15, -0.1) is 0 Å². The Labute approximate surface area is 163 Å². The van der Waals surface area contributed by atoms with Crippen molar-refractivity contribution < 1.29 is 4.74 Å². The van der Waals surface area contributed by atoms with Crippen LogP contribution in [-0.4, -0.2) is 21.7 Å². The quantitative estimate of drug-likeness (QED) is 0.443. The molecule has 136 valence electrons. The van der Waals surface area contributed by atoms with Crippen LogP contribution in [0.5, 0.6) is 5.75 Å². The second-order valence-electron chi connectivity index (χ2n) is 6.55. The number of thioether (sulfide) groups is 1. The maximum Gasteiger partial charge on any atom is 0.122 e. The van der Waals surface area contributed by atoms with Crippen LogP contribution < -0.4 is 4.74 Å². The number of benzene rings is 2. The van der Waals surface area contributed by atoms with Gasteiger partial charge >= 0.3 is 0 Å². The monoisotopic (exact) mass is 375 g/mol. The van der Waals surface area contributed by atoms with E-state index in [1.54, 1.807) is 25.1 Å². The van der Waals surface area contributed by atoms with E-state index in [9.17, 15) is 0 Å². The van der Waals surface area contributed by atoms with Gasteiger partial charge in [-0.25, -0.2) is 9.50 Å². The van der Waals surface area contributed by atoms with Gasteiger partial charge in [-0.3, -0.25) is 0 Å². The molecule has 0 fully saturated rings. The van der Waals surface area contributed by atoms with Gasteiger partial charge in [0.1, 0.15) is 10.8 Å². The van der Waals surface area contributed by atoms with Crippen molar-refractivity contribution in [2.24, 2.45) is 0 Å². The number of fused-ring (bicyclic) bond motifs is 1. The molecule has 0 N–H and O–H groups in total. The van der Waals surface area contributed by atoms with Crippen LogP contribution in [0.25, 0.3) is 16.8 Å². The topological polar surface area (TPSA) is 39.4 Å². The molecule has 0 aliphatic heterocycles. The van der Waals surface area contributed by atoms with Crippen LogP contribution in [0.4, 0.5) is 0 Å². The van der Waals surface area contributed by atoms with E-state index in [-0.39, 0.29) is 0 Å². The fraction of sp³-hybridized carbons (Fsp3) is 0.182.